The Morgan fingerprint density at radius 2 is 1.58 bits per heavy atom. The number of carbonyl (C=O) groups is 1. The maximum Gasteiger partial charge on any atom is 0.161 e. The van der Waals surface area contributed by atoms with Gasteiger partial charge in [-0.05, 0) is 29.3 Å². The van der Waals surface area contributed by atoms with Crippen LogP contribution in [-0.2, 0) is 6.42 Å². The molecule has 0 aliphatic carbocycles. The number of ether oxygens (including phenoxy) is 1. The zero-order valence-electron chi connectivity index (χ0n) is 13.1. The van der Waals surface area contributed by atoms with E-state index in [-0.39, 0.29) is 11.9 Å². The number of phenols is 1. The van der Waals surface area contributed by atoms with Gasteiger partial charge in [-0.25, -0.2) is 0 Å². The lowest BCUT2D eigenvalue weighted by Crippen LogP contribution is -2.11. The van der Waals surface area contributed by atoms with Crippen LogP contribution in [0.1, 0.15) is 27.6 Å². The van der Waals surface area contributed by atoms with Crippen molar-refractivity contribution in [3.63, 3.8) is 0 Å². The second-order valence-electron chi connectivity index (χ2n) is 5.55. The van der Waals surface area contributed by atoms with Crippen molar-refractivity contribution < 1.29 is 14.6 Å². The zero-order chi connectivity index (χ0) is 16.8. The molecule has 3 aromatic rings. The molecule has 3 heteroatoms. The lowest BCUT2D eigenvalue weighted by atomic mass is 10.0. The molecule has 0 heterocycles. The van der Waals surface area contributed by atoms with E-state index in [1.54, 1.807) is 12.1 Å². The molecule has 24 heavy (non-hydrogen) atoms. The van der Waals surface area contributed by atoms with Crippen LogP contribution >= 0.6 is 0 Å². The monoisotopic (exact) mass is 318 g/mol. The molecule has 1 N–H and O–H groups in total. The number of hydrogen-bond acceptors (Lipinski definition) is 3. The van der Waals surface area contributed by atoms with E-state index in [4.69, 9.17) is 4.74 Å². The van der Waals surface area contributed by atoms with Gasteiger partial charge in [-0.3, -0.25) is 4.79 Å². The van der Waals surface area contributed by atoms with Crippen molar-refractivity contribution in [3.05, 3.63) is 95.6 Å². The Balaban J connectivity index is 1.89. The number of hydrogen-bond donors (Lipinski definition) is 1. The molecule has 0 bridgehead atoms. The highest BCUT2D eigenvalue weighted by Gasteiger charge is 2.16. The third kappa shape index (κ3) is 3.82. The van der Waals surface area contributed by atoms with Crippen molar-refractivity contribution in [2.45, 2.75) is 12.5 Å². The van der Waals surface area contributed by atoms with Gasteiger partial charge in [0, 0.05) is 12.0 Å². The zero-order valence-corrected chi connectivity index (χ0v) is 13.1. The molecule has 120 valence electrons. The van der Waals surface area contributed by atoms with Gasteiger partial charge < -0.3 is 9.84 Å². The minimum Gasteiger partial charge on any atom is -0.504 e. The number of aldehydes is 1. The third-order valence-corrected chi connectivity index (χ3v) is 3.82. The summed E-state index contributed by atoms with van der Waals surface area (Å²) in [5, 5.41) is 10.1. The van der Waals surface area contributed by atoms with Crippen LogP contribution in [0.15, 0.2) is 78.9 Å². The first-order valence-electron chi connectivity index (χ1n) is 7.80. The Hall–Kier alpha value is -3.07. The molecule has 3 rings (SSSR count). The molecule has 0 aliphatic rings. The Morgan fingerprint density at radius 1 is 0.917 bits per heavy atom. The predicted octanol–water partition coefficient (Wildman–Crippen LogP) is 4.57. The molecule has 1 atom stereocenters. The number of phenolic OH excluding ortho intramolecular Hbond substituents is 1. The first kappa shape index (κ1) is 15.8. The highest BCUT2D eigenvalue weighted by molar-refractivity contribution is 5.76. The van der Waals surface area contributed by atoms with E-state index in [0.29, 0.717) is 24.0 Å². The molecule has 0 fully saturated rings. The van der Waals surface area contributed by atoms with Crippen LogP contribution in [0.4, 0.5) is 0 Å². The summed E-state index contributed by atoms with van der Waals surface area (Å²) in [5.41, 5.74) is 2.59. The van der Waals surface area contributed by atoms with Gasteiger partial charge in [-0.1, -0.05) is 60.7 Å². The smallest absolute Gasteiger partial charge is 0.161 e. The summed E-state index contributed by atoms with van der Waals surface area (Å²) in [7, 11) is 0. The fraction of sp³-hybridized carbons (Fsp3) is 0.0952. The van der Waals surface area contributed by atoms with Gasteiger partial charge in [-0.2, -0.15) is 0 Å². The summed E-state index contributed by atoms with van der Waals surface area (Å²) < 4.78 is 6.07. The average Bonchev–Trinajstić information content (AvgIpc) is 2.64. The van der Waals surface area contributed by atoms with E-state index >= 15 is 0 Å². The second-order valence-corrected chi connectivity index (χ2v) is 5.55. The fourth-order valence-corrected chi connectivity index (χ4v) is 2.58. The van der Waals surface area contributed by atoms with E-state index in [1.807, 2.05) is 48.5 Å². The molecule has 3 nitrogen and oxygen atoms in total. The van der Waals surface area contributed by atoms with Crippen molar-refractivity contribution in [1.29, 1.82) is 0 Å². The van der Waals surface area contributed by atoms with E-state index in [2.05, 4.69) is 12.1 Å². The quantitative estimate of drug-likeness (QED) is 0.677. The highest BCUT2D eigenvalue weighted by atomic mass is 16.5. The number of benzene rings is 3. The average molecular weight is 318 g/mol. The normalized spacial score (nSPS) is 11.7. The number of rotatable bonds is 6. The summed E-state index contributed by atoms with van der Waals surface area (Å²) in [4.78, 5) is 10.8. The Bertz CT molecular complexity index is 798. The first-order chi connectivity index (χ1) is 11.8. The predicted molar refractivity (Wildman–Crippen MR) is 93.5 cm³/mol. The molecule has 0 saturated heterocycles. The van der Waals surface area contributed by atoms with Crippen LogP contribution in [0.25, 0.3) is 0 Å². The third-order valence-electron chi connectivity index (χ3n) is 3.82. The van der Waals surface area contributed by atoms with Gasteiger partial charge in [0.1, 0.15) is 12.4 Å². The van der Waals surface area contributed by atoms with Crippen molar-refractivity contribution in [1.82, 2.24) is 0 Å². The van der Waals surface area contributed by atoms with E-state index in [9.17, 15) is 9.90 Å². The van der Waals surface area contributed by atoms with E-state index in [1.165, 1.54) is 6.07 Å². The first-order valence-corrected chi connectivity index (χ1v) is 7.80. The van der Waals surface area contributed by atoms with Gasteiger partial charge in [0.2, 0.25) is 0 Å². The molecule has 0 saturated carbocycles. The van der Waals surface area contributed by atoms with Crippen molar-refractivity contribution in [2.75, 3.05) is 0 Å². The summed E-state index contributed by atoms with van der Waals surface area (Å²) in [6.45, 7) is 0. The van der Waals surface area contributed by atoms with Crippen molar-refractivity contribution >= 4 is 6.29 Å². The minimum atomic E-state index is -0.235. The molecular formula is C21H18O3. The Kier molecular flexibility index (Phi) is 4.92. The summed E-state index contributed by atoms with van der Waals surface area (Å²) in [5.74, 6) is 0.332. The van der Waals surface area contributed by atoms with Gasteiger partial charge in [-0.15, -0.1) is 0 Å². The molecule has 3 aromatic carbocycles. The summed E-state index contributed by atoms with van der Waals surface area (Å²) in [6.07, 6.45) is 1.14. The Labute approximate surface area is 141 Å². The SMILES string of the molecule is O=Cc1ccc(OC(Cc2ccccc2)c2ccccc2)c(O)c1. The summed E-state index contributed by atoms with van der Waals surface area (Å²) in [6, 6.07) is 24.6. The molecule has 0 radical (unpaired) electrons. The number of carbonyl (C=O) groups excluding carboxylic acids is 1. The summed E-state index contributed by atoms with van der Waals surface area (Å²) >= 11 is 0. The van der Waals surface area contributed by atoms with E-state index in [0.717, 1.165) is 11.1 Å². The molecule has 0 amide bonds. The minimum absolute atomic E-state index is 0.0337. The molecule has 0 aromatic heterocycles. The van der Waals surface area contributed by atoms with Crippen LogP contribution in [0.3, 0.4) is 0 Å². The number of aromatic hydroxyl groups is 1. The van der Waals surface area contributed by atoms with E-state index < -0.39 is 0 Å². The van der Waals surface area contributed by atoms with Gasteiger partial charge >= 0.3 is 0 Å². The van der Waals surface area contributed by atoms with Crippen LogP contribution in [0.5, 0.6) is 11.5 Å². The van der Waals surface area contributed by atoms with Crippen molar-refractivity contribution in [3.8, 4) is 11.5 Å². The van der Waals surface area contributed by atoms with Crippen LogP contribution < -0.4 is 4.74 Å². The van der Waals surface area contributed by atoms with Gasteiger partial charge in [0.25, 0.3) is 0 Å². The lowest BCUT2D eigenvalue weighted by Gasteiger charge is -2.20. The van der Waals surface area contributed by atoms with Crippen LogP contribution in [-0.4, -0.2) is 11.4 Å². The van der Waals surface area contributed by atoms with Crippen molar-refractivity contribution in [2.24, 2.45) is 0 Å². The van der Waals surface area contributed by atoms with Gasteiger partial charge in [0.15, 0.2) is 11.5 Å². The molecular weight excluding hydrogens is 300 g/mol. The fourth-order valence-electron chi connectivity index (χ4n) is 2.58. The molecule has 0 aliphatic heterocycles. The Morgan fingerprint density at radius 3 is 2.21 bits per heavy atom. The van der Waals surface area contributed by atoms with Crippen LogP contribution in [0.2, 0.25) is 0 Å². The maximum absolute atomic E-state index is 10.8. The van der Waals surface area contributed by atoms with Crippen LogP contribution in [0, 0.1) is 0 Å². The molecule has 1 unspecified atom stereocenters. The topological polar surface area (TPSA) is 46.5 Å². The lowest BCUT2D eigenvalue weighted by molar-refractivity contribution is 0.112. The maximum atomic E-state index is 10.8. The molecule has 0 spiro atoms. The van der Waals surface area contributed by atoms with Gasteiger partial charge in [0.05, 0.1) is 0 Å². The highest BCUT2D eigenvalue weighted by Crippen LogP contribution is 2.32. The standard InChI is InChI=1S/C21H18O3/c22-15-17-11-12-20(19(23)13-17)24-21(18-9-5-2-6-10-18)14-16-7-3-1-4-8-16/h1-13,15,21,23H,14H2. The second kappa shape index (κ2) is 7.47. The largest absolute Gasteiger partial charge is 0.504 e.